The Kier molecular flexibility index (Phi) is 4.86. The van der Waals surface area contributed by atoms with Crippen LogP contribution in [0.15, 0.2) is 4.52 Å². The number of rotatable bonds is 5. The fourth-order valence-electron chi connectivity index (χ4n) is 2.38. The Morgan fingerprint density at radius 3 is 2.94 bits per heavy atom. The summed E-state index contributed by atoms with van der Waals surface area (Å²) in [6.07, 6.45) is 5.32. The highest BCUT2D eigenvalue weighted by Gasteiger charge is 2.24. The molecule has 96 valence electrons. The molecule has 1 aliphatic carbocycles. The van der Waals surface area contributed by atoms with Crippen LogP contribution < -0.4 is 5.32 Å². The average Bonchev–Trinajstić information content (AvgIpc) is 2.74. The molecular formula is C12H21N3OS. The highest BCUT2D eigenvalue weighted by atomic mass is 32.2. The number of nitrogens with zero attached hydrogens (tertiary/aromatic N) is 2. The van der Waals surface area contributed by atoms with Crippen molar-refractivity contribution in [1.29, 1.82) is 0 Å². The van der Waals surface area contributed by atoms with Crippen LogP contribution in [0.3, 0.4) is 0 Å². The minimum absolute atomic E-state index is 0.604. The van der Waals surface area contributed by atoms with Crippen LogP contribution in [-0.4, -0.2) is 27.2 Å². The molecule has 4 nitrogen and oxygen atoms in total. The molecule has 0 radical (unpaired) electrons. The lowest BCUT2D eigenvalue weighted by Crippen LogP contribution is -2.40. The predicted molar refractivity (Wildman–Crippen MR) is 70.1 cm³/mol. The number of aromatic nitrogens is 2. The van der Waals surface area contributed by atoms with Gasteiger partial charge < -0.3 is 9.84 Å². The molecule has 0 bridgehead atoms. The Morgan fingerprint density at radius 1 is 1.41 bits per heavy atom. The third kappa shape index (κ3) is 3.71. The molecule has 2 rings (SSSR count). The quantitative estimate of drug-likeness (QED) is 0.876. The van der Waals surface area contributed by atoms with Gasteiger partial charge in [-0.2, -0.15) is 16.7 Å². The third-order valence-electron chi connectivity index (χ3n) is 3.18. The lowest BCUT2D eigenvalue weighted by molar-refractivity contribution is 0.364. The van der Waals surface area contributed by atoms with Gasteiger partial charge in [0.1, 0.15) is 0 Å². The van der Waals surface area contributed by atoms with Gasteiger partial charge in [-0.05, 0) is 18.6 Å². The Morgan fingerprint density at radius 2 is 2.24 bits per heavy atom. The molecule has 1 aromatic heterocycles. The summed E-state index contributed by atoms with van der Waals surface area (Å²) in [6, 6.07) is 0.604. The minimum Gasteiger partial charge on any atom is -0.340 e. The highest BCUT2D eigenvalue weighted by Crippen LogP contribution is 2.28. The minimum atomic E-state index is 0.604. The normalized spacial score (nSPS) is 25.1. The van der Waals surface area contributed by atoms with Crippen molar-refractivity contribution in [1.82, 2.24) is 15.5 Å². The van der Waals surface area contributed by atoms with E-state index in [1.54, 1.807) is 0 Å². The Balaban J connectivity index is 1.83. The van der Waals surface area contributed by atoms with E-state index in [1.165, 1.54) is 31.4 Å². The van der Waals surface area contributed by atoms with E-state index in [0.717, 1.165) is 17.6 Å². The first kappa shape index (κ1) is 12.9. The van der Waals surface area contributed by atoms with Gasteiger partial charge >= 0.3 is 0 Å². The maximum absolute atomic E-state index is 4.97. The Hall–Kier alpha value is -0.550. The second-order valence-corrected chi connectivity index (χ2v) is 6.01. The van der Waals surface area contributed by atoms with E-state index in [2.05, 4.69) is 34.1 Å². The van der Waals surface area contributed by atoms with Crippen molar-refractivity contribution in [3.63, 3.8) is 0 Å². The molecule has 0 aromatic carbocycles. The molecule has 0 spiro atoms. The number of aryl methyl sites for hydroxylation is 1. The maximum Gasteiger partial charge on any atom is 0.223 e. The average molecular weight is 255 g/mol. The van der Waals surface area contributed by atoms with Gasteiger partial charge in [0.05, 0.1) is 6.54 Å². The van der Waals surface area contributed by atoms with Crippen molar-refractivity contribution in [3.05, 3.63) is 11.7 Å². The van der Waals surface area contributed by atoms with Crippen LogP contribution in [-0.2, 0) is 6.54 Å². The standard InChI is InChI=1S/C12H21N3OS/c1-3-17-11-7-5-4-6-10(11)13-8-12-14-9(2)16-15-12/h10-11,13H,3-8H2,1-2H3/t10-,11+/m0/s1. The fraction of sp³-hybridized carbons (Fsp3) is 0.833. The van der Waals surface area contributed by atoms with E-state index < -0.39 is 0 Å². The molecule has 1 heterocycles. The number of hydrogen-bond donors (Lipinski definition) is 1. The van der Waals surface area contributed by atoms with Crippen LogP contribution in [0.2, 0.25) is 0 Å². The summed E-state index contributed by atoms with van der Waals surface area (Å²) in [7, 11) is 0. The van der Waals surface area contributed by atoms with E-state index in [1.807, 2.05) is 6.92 Å². The first-order chi connectivity index (χ1) is 8.29. The molecule has 2 atom stereocenters. The summed E-state index contributed by atoms with van der Waals surface area (Å²) in [5.74, 6) is 2.61. The van der Waals surface area contributed by atoms with E-state index in [9.17, 15) is 0 Å². The summed E-state index contributed by atoms with van der Waals surface area (Å²) >= 11 is 2.07. The molecule has 17 heavy (non-hydrogen) atoms. The zero-order chi connectivity index (χ0) is 12.1. The molecule has 1 N–H and O–H groups in total. The fourth-order valence-corrected chi connectivity index (χ4v) is 3.61. The summed E-state index contributed by atoms with van der Waals surface area (Å²) in [4.78, 5) is 4.22. The largest absolute Gasteiger partial charge is 0.340 e. The predicted octanol–water partition coefficient (Wildman–Crippen LogP) is 2.53. The first-order valence-electron chi connectivity index (χ1n) is 6.43. The lowest BCUT2D eigenvalue weighted by Gasteiger charge is -2.31. The zero-order valence-corrected chi connectivity index (χ0v) is 11.4. The van der Waals surface area contributed by atoms with E-state index in [0.29, 0.717) is 11.9 Å². The maximum atomic E-state index is 4.97. The van der Waals surface area contributed by atoms with Gasteiger partial charge in [0.15, 0.2) is 5.82 Å². The van der Waals surface area contributed by atoms with Gasteiger partial charge in [-0.15, -0.1) is 0 Å². The smallest absolute Gasteiger partial charge is 0.223 e. The van der Waals surface area contributed by atoms with Crippen LogP contribution in [0.1, 0.15) is 44.3 Å². The molecule has 1 saturated carbocycles. The number of thioether (sulfide) groups is 1. The monoisotopic (exact) mass is 255 g/mol. The van der Waals surface area contributed by atoms with E-state index in [-0.39, 0.29) is 0 Å². The van der Waals surface area contributed by atoms with E-state index in [4.69, 9.17) is 4.52 Å². The molecule has 1 aromatic rings. The molecule has 5 heteroatoms. The van der Waals surface area contributed by atoms with Crippen molar-refractivity contribution in [3.8, 4) is 0 Å². The van der Waals surface area contributed by atoms with Crippen LogP contribution in [0.4, 0.5) is 0 Å². The molecule has 0 aliphatic heterocycles. The molecule has 1 fully saturated rings. The van der Waals surface area contributed by atoms with Gasteiger partial charge in [-0.1, -0.05) is 24.9 Å². The van der Waals surface area contributed by atoms with Gasteiger partial charge in [-0.3, -0.25) is 0 Å². The van der Waals surface area contributed by atoms with Crippen molar-refractivity contribution < 1.29 is 4.52 Å². The second-order valence-electron chi connectivity index (χ2n) is 4.50. The molecule has 0 amide bonds. The van der Waals surface area contributed by atoms with Gasteiger partial charge in [0.2, 0.25) is 5.89 Å². The summed E-state index contributed by atoms with van der Waals surface area (Å²) in [5, 5.41) is 8.25. The number of hydrogen-bond acceptors (Lipinski definition) is 5. The Labute approximate surface area is 107 Å². The molecule has 0 saturated heterocycles. The number of nitrogens with one attached hydrogen (secondary N) is 1. The van der Waals surface area contributed by atoms with Crippen LogP contribution >= 0.6 is 11.8 Å². The second kappa shape index (κ2) is 6.40. The molecular weight excluding hydrogens is 234 g/mol. The van der Waals surface area contributed by atoms with E-state index >= 15 is 0 Å². The van der Waals surface area contributed by atoms with Crippen LogP contribution in [0.25, 0.3) is 0 Å². The summed E-state index contributed by atoms with van der Waals surface area (Å²) < 4.78 is 4.97. The Bertz CT molecular complexity index is 340. The SMILES string of the molecule is CCS[C@@H]1CCCC[C@@H]1NCc1noc(C)n1. The highest BCUT2D eigenvalue weighted by molar-refractivity contribution is 7.99. The third-order valence-corrected chi connectivity index (χ3v) is 4.50. The van der Waals surface area contributed by atoms with Gasteiger partial charge in [-0.25, -0.2) is 0 Å². The van der Waals surface area contributed by atoms with Crippen molar-refractivity contribution in [2.24, 2.45) is 0 Å². The summed E-state index contributed by atoms with van der Waals surface area (Å²) in [5.41, 5.74) is 0. The summed E-state index contributed by atoms with van der Waals surface area (Å²) in [6.45, 7) is 4.79. The van der Waals surface area contributed by atoms with Crippen molar-refractivity contribution in [2.75, 3.05) is 5.75 Å². The lowest BCUT2D eigenvalue weighted by atomic mass is 9.95. The van der Waals surface area contributed by atoms with Gasteiger partial charge in [0.25, 0.3) is 0 Å². The van der Waals surface area contributed by atoms with Gasteiger partial charge in [0, 0.05) is 18.2 Å². The van der Waals surface area contributed by atoms with Crippen LogP contribution in [0, 0.1) is 6.92 Å². The molecule has 0 unspecified atom stereocenters. The van der Waals surface area contributed by atoms with Crippen molar-refractivity contribution >= 4 is 11.8 Å². The first-order valence-corrected chi connectivity index (χ1v) is 7.48. The van der Waals surface area contributed by atoms with Crippen LogP contribution in [0.5, 0.6) is 0 Å². The zero-order valence-electron chi connectivity index (χ0n) is 10.6. The van der Waals surface area contributed by atoms with Crippen molar-refractivity contribution in [2.45, 2.75) is 57.4 Å². The molecule has 1 aliphatic rings. The topological polar surface area (TPSA) is 51.0 Å².